The summed E-state index contributed by atoms with van der Waals surface area (Å²) in [6.07, 6.45) is 0.858. The molecule has 6 aromatic rings. The summed E-state index contributed by atoms with van der Waals surface area (Å²) in [7, 11) is 0. The summed E-state index contributed by atoms with van der Waals surface area (Å²) in [6.45, 7) is 11.9. The Balaban J connectivity index is 0. The van der Waals surface area contributed by atoms with E-state index in [0.29, 0.717) is 24.3 Å². The largest absolute Gasteiger partial charge is 0.503 e. The van der Waals surface area contributed by atoms with Gasteiger partial charge in [-0.3, -0.25) is 0 Å². The van der Waals surface area contributed by atoms with E-state index < -0.39 is 214 Å². The first kappa shape index (κ1) is 74.8. The van der Waals surface area contributed by atoms with Gasteiger partial charge in [0, 0.05) is 116 Å². The van der Waals surface area contributed by atoms with E-state index >= 15 is 0 Å². The van der Waals surface area contributed by atoms with Crippen LogP contribution in [0.5, 0.6) is 34.5 Å². The van der Waals surface area contributed by atoms with Gasteiger partial charge in [-0.1, -0.05) is 50.6 Å². The molecule has 0 bridgehead atoms. The first-order chi connectivity index (χ1) is 34.6. The molecule has 0 atom stereocenters. The molecule has 6 nitrogen and oxygen atoms in total. The van der Waals surface area contributed by atoms with Gasteiger partial charge in [-0.2, -0.15) is 52.7 Å². The van der Waals surface area contributed by atoms with Gasteiger partial charge >= 0.3 is 0 Å². The smallest absolute Gasteiger partial charge is 0.204 e. The summed E-state index contributed by atoms with van der Waals surface area (Å²) < 4.78 is 308. The van der Waals surface area contributed by atoms with Gasteiger partial charge in [0.15, 0.2) is 104 Å². The van der Waals surface area contributed by atoms with Crippen LogP contribution in [0.15, 0.2) is 26.3 Å². The molecule has 0 unspecified atom stereocenters. The van der Waals surface area contributed by atoms with Gasteiger partial charge in [-0.25, -0.2) is 52.7 Å². The van der Waals surface area contributed by atoms with Crippen molar-refractivity contribution in [1.82, 2.24) is 0 Å². The number of aromatic hydroxyl groups is 6. The van der Waals surface area contributed by atoms with Gasteiger partial charge in [0.2, 0.25) is 69.8 Å². The fourth-order valence-corrected chi connectivity index (χ4v) is 5.08. The standard InChI is InChI=1S/C13H4F8O2.4C8H4F4O.3Y/c14-4-2(5(15)9(19)12(22)8(4)18)1-3-6(16)10(20)13(23)11(21)7(3)17;4*1-2-3-4(9)6(11)8(13)7(12)5(3)10;;;/h22-23H,1H2;4*2,13H,1H2;;;. The fraction of sp³-hybridized carbons (Fsp3) is 0.0222. The minimum Gasteiger partial charge on any atom is -0.503 e. The number of hydrogen-bond donors (Lipinski definition) is 6. The van der Waals surface area contributed by atoms with Gasteiger partial charge in [0.1, 0.15) is 0 Å². The van der Waals surface area contributed by atoms with Gasteiger partial charge in [-0.15, -0.1) is 0 Å². The third kappa shape index (κ3) is 15.1. The molecular formula is C45H20F24O6Y3. The first-order valence-corrected chi connectivity index (χ1v) is 18.4. The molecule has 0 aliphatic carbocycles. The Morgan fingerprint density at radius 2 is 0.308 bits per heavy atom. The van der Waals surface area contributed by atoms with Crippen LogP contribution in [-0.4, -0.2) is 30.6 Å². The Morgan fingerprint density at radius 3 is 0.410 bits per heavy atom. The number of halogens is 24. The molecule has 0 saturated carbocycles. The minimum atomic E-state index is -2.25. The minimum absolute atomic E-state index is 0. The molecule has 3 radical (unpaired) electrons. The average Bonchev–Trinajstić information content (AvgIpc) is 3.39. The van der Waals surface area contributed by atoms with Gasteiger partial charge in [-0.05, 0) is 0 Å². The quantitative estimate of drug-likeness (QED) is 0.0730. The van der Waals surface area contributed by atoms with E-state index in [-0.39, 0.29) is 98.1 Å². The Labute approximate surface area is 494 Å². The van der Waals surface area contributed by atoms with Crippen LogP contribution in [0.4, 0.5) is 105 Å². The second-order valence-corrected chi connectivity index (χ2v) is 13.2. The van der Waals surface area contributed by atoms with Crippen molar-refractivity contribution in [3.63, 3.8) is 0 Å². The molecule has 413 valence electrons. The maximum Gasteiger partial charge on any atom is 0.204 e. The SMILES string of the molecule is C=Cc1c(F)c(F)c(O)c(F)c1F.C=Cc1c(F)c(F)c(O)c(F)c1F.C=Cc1c(F)c(F)c(O)c(F)c1F.C=Cc1c(F)c(F)c(O)c(F)c1F.Oc1c(F)c(F)c(Cc2c(F)c(F)c(O)c(F)c2F)c(F)c1F.[Y].[Y].[Y]. The predicted molar refractivity (Wildman–Crippen MR) is 211 cm³/mol. The first-order valence-electron chi connectivity index (χ1n) is 18.4. The number of phenols is 6. The van der Waals surface area contributed by atoms with Crippen LogP contribution in [0, 0.1) is 140 Å². The number of phenolic OH excluding ortho intramolecular Hbond substituents is 6. The van der Waals surface area contributed by atoms with Gasteiger partial charge < -0.3 is 30.6 Å². The molecule has 0 aliphatic heterocycles. The van der Waals surface area contributed by atoms with Gasteiger partial charge in [0.25, 0.3) is 0 Å². The topological polar surface area (TPSA) is 121 Å². The van der Waals surface area contributed by atoms with Crippen LogP contribution in [0.2, 0.25) is 0 Å². The molecule has 0 saturated heterocycles. The summed E-state index contributed by atoms with van der Waals surface area (Å²) in [5.41, 5.74) is -6.97. The fourth-order valence-electron chi connectivity index (χ4n) is 5.08. The molecular weight excluding hydrogens is 1360 g/mol. The maximum atomic E-state index is 13.5. The molecule has 33 heteroatoms. The van der Waals surface area contributed by atoms with Crippen molar-refractivity contribution in [2.45, 2.75) is 6.42 Å². The Kier molecular flexibility index (Phi) is 29.6. The number of benzene rings is 6. The monoisotopic (exact) mass is 1380 g/mol. The van der Waals surface area contributed by atoms with Crippen molar-refractivity contribution >= 4 is 24.3 Å². The van der Waals surface area contributed by atoms with E-state index in [1.807, 2.05) is 0 Å². The van der Waals surface area contributed by atoms with Crippen LogP contribution in [0.3, 0.4) is 0 Å². The molecule has 0 heterocycles. The molecule has 0 fully saturated rings. The normalized spacial score (nSPS) is 10.1. The summed E-state index contributed by atoms with van der Waals surface area (Å²) >= 11 is 0. The van der Waals surface area contributed by atoms with Crippen molar-refractivity contribution in [3.05, 3.63) is 199 Å². The number of rotatable bonds is 6. The Hall–Kier alpha value is -5.29. The van der Waals surface area contributed by atoms with Crippen molar-refractivity contribution in [1.29, 1.82) is 0 Å². The molecule has 6 rings (SSSR count). The van der Waals surface area contributed by atoms with Crippen molar-refractivity contribution in [2.75, 3.05) is 0 Å². The predicted octanol–water partition coefficient (Wildman–Crippen LogP) is 14.2. The van der Waals surface area contributed by atoms with Crippen LogP contribution in [0.25, 0.3) is 24.3 Å². The molecule has 0 spiro atoms. The molecule has 0 aromatic heterocycles. The summed E-state index contributed by atoms with van der Waals surface area (Å²) in [4.78, 5) is 0. The summed E-state index contributed by atoms with van der Waals surface area (Å²) in [6, 6.07) is 0. The van der Waals surface area contributed by atoms with Crippen molar-refractivity contribution in [3.8, 4) is 34.5 Å². The zero-order valence-electron chi connectivity index (χ0n) is 37.3. The number of hydrogen-bond acceptors (Lipinski definition) is 6. The van der Waals surface area contributed by atoms with E-state index in [1.165, 1.54) is 0 Å². The van der Waals surface area contributed by atoms with E-state index in [1.54, 1.807) is 0 Å². The Bertz CT molecular complexity index is 2770. The summed E-state index contributed by atoms with van der Waals surface area (Å²) in [5, 5.41) is 51.6. The molecule has 6 aromatic carbocycles. The van der Waals surface area contributed by atoms with Gasteiger partial charge in [0.05, 0.1) is 22.3 Å². The average molecular weight is 1380 g/mol. The van der Waals surface area contributed by atoms with E-state index in [9.17, 15) is 105 Å². The molecule has 0 aliphatic rings. The molecule has 0 amide bonds. The Morgan fingerprint density at radius 1 is 0.205 bits per heavy atom. The van der Waals surface area contributed by atoms with Crippen molar-refractivity contribution < 1.29 is 234 Å². The van der Waals surface area contributed by atoms with E-state index in [2.05, 4.69) is 26.3 Å². The maximum absolute atomic E-state index is 13.5. The summed E-state index contributed by atoms with van der Waals surface area (Å²) in [5.74, 6) is -56.4. The van der Waals surface area contributed by atoms with Crippen LogP contribution < -0.4 is 0 Å². The second kappa shape index (κ2) is 30.9. The third-order valence-corrected chi connectivity index (χ3v) is 8.93. The van der Waals surface area contributed by atoms with E-state index in [4.69, 9.17) is 30.6 Å². The zero-order valence-corrected chi connectivity index (χ0v) is 45.8. The second-order valence-electron chi connectivity index (χ2n) is 13.2. The van der Waals surface area contributed by atoms with E-state index in [0.717, 1.165) is 0 Å². The van der Waals surface area contributed by atoms with Crippen LogP contribution in [0.1, 0.15) is 33.4 Å². The third-order valence-electron chi connectivity index (χ3n) is 8.93. The zero-order chi connectivity index (χ0) is 58.3. The molecule has 6 N–H and O–H groups in total. The molecule has 78 heavy (non-hydrogen) atoms. The van der Waals surface area contributed by atoms with Crippen LogP contribution >= 0.6 is 0 Å². The van der Waals surface area contributed by atoms with Crippen LogP contribution in [-0.2, 0) is 105 Å². The van der Waals surface area contributed by atoms with Crippen molar-refractivity contribution in [2.24, 2.45) is 0 Å².